The molecule has 0 aliphatic heterocycles. The molecule has 2 heterocycles. The highest BCUT2D eigenvalue weighted by atomic mass is 79.9. The van der Waals surface area contributed by atoms with Crippen molar-refractivity contribution in [3.05, 3.63) is 28.3 Å². The van der Waals surface area contributed by atoms with E-state index in [9.17, 15) is 4.79 Å². The fraction of sp³-hybridized carbons (Fsp3) is 0.333. The Labute approximate surface area is 113 Å². The smallest absolute Gasteiger partial charge is 0.303 e. The molecule has 0 fully saturated rings. The van der Waals surface area contributed by atoms with Crippen molar-refractivity contribution in [2.24, 2.45) is 7.05 Å². The molecule has 0 atom stereocenters. The largest absolute Gasteiger partial charge is 0.481 e. The quantitative estimate of drug-likeness (QED) is 0.942. The summed E-state index contributed by atoms with van der Waals surface area (Å²) >= 11 is 3.45. The molecule has 0 aliphatic carbocycles. The van der Waals surface area contributed by atoms with E-state index in [-0.39, 0.29) is 6.42 Å². The second-order valence-corrected chi connectivity index (χ2v) is 4.78. The van der Waals surface area contributed by atoms with E-state index in [2.05, 4.69) is 20.9 Å². The van der Waals surface area contributed by atoms with Gasteiger partial charge in [0.15, 0.2) is 5.76 Å². The van der Waals surface area contributed by atoms with Gasteiger partial charge in [0.2, 0.25) is 0 Å². The summed E-state index contributed by atoms with van der Waals surface area (Å²) in [5, 5.41) is 8.69. The van der Waals surface area contributed by atoms with Crippen LogP contribution < -0.4 is 0 Å². The van der Waals surface area contributed by atoms with Gasteiger partial charge in [-0.15, -0.1) is 0 Å². The minimum Gasteiger partial charge on any atom is -0.481 e. The zero-order valence-electron chi connectivity index (χ0n) is 10.1. The zero-order valence-corrected chi connectivity index (χ0v) is 11.7. The minimum absolute atomic E-state index is 0.0634. The summed E-state index contributed by atoms with van der Waals surface area (Å²) in [4.78, 5) is 15.0. The normalized spacial score (nSPS) is 10.8. The van der Waals surface area contributed by atoms with Crippen molar-refractivity contribution in [3.8, 4) is 11.5 Å². The van der Waals surface area contributed by atoms with Crippen LogP contribution >= 0.6 is 15.9 Å². The van der Waals surface area contributed by atoms with Crippen LogP contribution in [0.3, 0.4) is 0 Å². The number of aryl methyl sites for hydroxylation is 2. The molecule has 5 nitrogen and oxygen atoms in total. The molecule has 2 aromatic rings. The third-order valence-electron chi connectivity index (χ3n) is 2.65. The first kappa shape index (κ1) is 12.9. The predicted molar refractivity (Wildman–Crippen MR) is 69.3 cm³/mol. The zero-order chi connectivity index (χ0) is 13.3. The Morgan fingerprint density at radius 2 is 2.28 bits per heavy atom. The highest BCUT2D eigenvalue weighted by Crippen LogP contribution is 2.29. The van der Waals surface area contributed by atoms with Crippen molar-refractivity contribution in [3.63, 3.8) is 0 Å². The summed E-state index contributed by atoms with van der Waals surface area (Å²) in [6, 6.07) is 3.72. The molecule has 96 valence electrons. The van der Waals surface area contributed by atoms with E-state index < -0.39 is 5.97 Å². The molecule has 6 heteroatoms. The van der Waals surface area contributed by atoms with Gasteiger partial charge in [0.25, 0.3) is 0 Å². The minimum atomic E-state index is -0.829. The van der Waals surface area contributed by atoms with Gasteiger partial charge in [0.1, 0.15) is 21.9 Å². The van der Waals surface area contributed by atoms with Crippen LogP contribution in [-0.2, 0) is 18.3 Å². The third-order valence-corrected chi connectivity index (χ3v) is 3.56. The number of aliphatic carboxylic acids is 1. The lowest BCUT2D eigenvalue weighted by Crippen LogP contribution is -2.03. The Balaban J connectivity index is 2.33. The van der Waals surface area contributed by atoms with Gasteiger partial charge in [-0.1, -0.05) is 0 Å². The summed E-state index contributed by atoms with van der Waals surface area (Å²) in [7, 11) is 1.84. The molecule has 0 amide bonds. The first-order valence-corrected chi connectivity index (χ1v) is 6.28. The van der Waals surface area contributed by atoms with E-state index in [1.807, 2.05) is 30.7 Å². The van der Waals surface area contributed by atoms with Crippen molar-refractivity contribution in [1.29, 1.82) is 0 Å². The van der Waals surface area contributed by atoms with E-state index in [1.165, 1.54) is 0 Å². The van der Waals surface area contributed by atoms with Crippen LogP contribution in [0.15, 0.2) is 21.2 Å². The molecule has 0 bridgehead atoms. The summed E-state index contributed by atoms with van der Waals surface area (Å²) in [6.45, 7) is 1.87. The van der Waals surface area contributed by atoms with Gasteiger partial charge < -0.3 is 14.1 Å². The molecule has 0 saturated carbocycles. The van der Waals surface area contributed by atoms with Crippen molar-refractivity contribution in [1.82, 2.24) is 9.55 Å². The highest BCUT2D eigenvalue weighted by Gasteiger charge is 2.17. The SMILES string of the molecule is Cc1ccc(-c2nc(CCC(=O)O)n(C)c2Br)o1. The van der Waals surface area contributed by atoms with Gasteiger partial charge in [-0.3, -0.25) is 4.79 Å². The number of aromatic nitrogens is 2. The fourth-order valence-electron chi connectivity index (χ4n) is 1.68. The maximum Gasteiger partial charge on any atom is 0.303 e. The van der Waals surface area contributed by atoms with Gasteiger partial charge in [0, 0.05) is 13.5 Å². The Hall–Kier alpha value is -1.56. The van der Waals surface area contributed by atoms with Gasteiger partial charge in [-0.2, -0.15) is 0 Å². The van der Waals surface area contributed by atoms with E-state index in [0.29, 0.717) is 23.7 Å². The third kappa shape index (κ3) is 2.48. The first-order chi connectivity index (χ1) is 8.49. The molecule has 0 saturated heterocycles. The van der Waals surface area contributed by atoms with Gasteiger partial charge in [-0.05, 0) is 35.0 Å². The van der Waals surface area contributed by atoms with Crippen LogP contribution in [0, 0.1) is 6.92 Å². The van der Waals surface area contributed by atoms with E-state index >= 15 is 0 Å². The van der Waals surface area contributed by atoms with Crippen LogP contribution in [-0.4, -0.2) is 20.6 Å². The number of hydrogen-bond acceptors (Lipinski definition) is 3. The molecule has 2 aromatic heterocycles. The van der Waals surface area contributed by atoms with Crippen LogP contribution in [0.5, 0.6) is 0 Å². The maximum atomic E-state index is 10.6. The summed E-state index contributed by atoms with van der Waals surface area (Å²) < 4.78 is 8.14. The number of carboxylic acids is 1. The Morgan fingerprint density at radius 3 is 2.83 bits per heavy atom. The van der Waals surface area contributed by atoms with Crippen molar-refractivity contribution >= 4 is 21.9 Å². The monoisotopic (exact) mass is 312 g/mol. The number of furan rings is 1. The van der Waals surface area contributed by atoms with Crippen LogP contribution in [0.2, 0.25) is 0 Å². The number of carboxylic acid groups (broad SMARTS) is 1. The van der Waals surface area contributed by atoms with Crippen molar-refractivity contribution < 1.29 is 14.3 Å². The molecule has 0 aliphatic rings. The lowest BCUT2D eigenvalue weighted by molar-refractivity contribution is -0.137. The fourth-order valence-corrected chi connectivity index (χ4v) is 2.17. The number of imidazole rings is 1. The second kappa shape index (κ2) is 4.97. The number of halogens is 1. The van der Waals surface area contributed by atoms with Crippen molar-refractivity contribution in [2.75, 3.05) is 0 Å². The maximum absolute atomic E-state index is 10.6. The highest BCUT2D eigenvalue weighted by molar-refractivity contribution is 9.10. The number of hydrogen-bond donors (Lipinski definition) is 1. The summed E-state index contributed by atoms with van der Waals surface area (Å²) in [5.41, 5.74) is 0.700. The van der Waals surface area contributed by atoms with Crippen LogP contribution in [0.1, 0.15) is 18.0 Å². The molecule has 1 N–H and O–H groups in total. The van der Waals surface area contributed by atoms with Crippen LogP contribution in [0.4, 0.5) is 0 Å². The predicted octanol–water partition coefficient (Wildman–Crippen LogP) is 2.77. The Bertz CT molecular complexity index is 586. The van der Waals surface area contributed by atoms with Crippen molar-refractivity contribution in [2.45, 2.75) is 19.8 Å². The molecule has 0 spiro atoms. The standard InChI is InChI=1S/C12H13BrN2O3/c1-7-3-4-8(18-7)11-12(13)15(2)9(14-11)5-6-10(16)17/h3-4H,5-6H2,1-2H3,(H,16,17). The van der Waals surface area contributed by atoms with E-state index in [0.717, 1.165) is 10.4 Å². The molecule has 0 aromatic carbocycles. The Kier molecular flexibility index (Phi) is 3.56. The van der Waals surface area contributed by atoms with Crippen LogP contribution in [0.25, 0.3) is 11.5 Å². The van der Waals surface area contributed by atoms with E-state index in [1.54, 1.807) is 0 Å². The molecular formula is C12H13BrN2O3. The number of rotatable bonds is 4. The molecule has 0 unspecified atom stereocenters. The van der Waals surface area contributed by atoms with Gasteiger partial charge in [0.05, 0.1) is 6.42 Å². The average molecular weight is 313 g/mol. The second-order valence-electron chi connectivity index (χ2n) is 4.03. The average Bonchev–Trinajstić information content (AvgIpc) is 2.84. The number of nitrogens with zero attached hydrogens (tertiary/aromatic N) is 2. The van der Waals surface area contributed by atoms with E-state index in [4.69, 9.17) is 9.52 Å². The molecule has 2 rings (SSSR count). The molecule has 18 heavy (non-hydrogen) atoms. The summed E-state index contributed by atoms with van der Waals surface area (Å²) in [6.07, 6.45) is 0.456. The lowest BCUT2D eigenvalue weighted by atomic mass is 10.3. The molecular weight excluding hydrogens is 300 g/mol. The lowest BCUT2D eigenvalue weighted by Gasteiger charge is -1.99. The topological polar surface area (TPSA) is 68.3 Å². The van der Waals surface area contributed by atoms with Gasteiger partial charge >= 0.3 is 5.97 Å². The first-order valence-electron chi connectivity index (χ1n) is 5.48. The summed E-state index contributed by atoms with van der Waals surface area (Å²) in [5.74, 6) is 1.38. The molecule has 0 radical (unpaired) electrons. The van der Waals surface area contributed by atoms with Gasteiger partial charge in [-0.25, -0.2) is 4.98 Å². The Morgan fingerprint density at radius 1 is 1.56 bits per heavy atom. The number of carbonyl (C=O) groups is 1.